The number of halogens is 2. The first-order valence-electron chi connectivity index (χ1n) is 4.65. The first-order valence-corrected chi connectivity index (χ1v) is 5.44. The van der Waals surface area contributed by atoms with Gasteiger partial charge in [-0.3, -0.25) is 4.90 Å². The van der Waals surface area contributed by atoms with Crippen molar-refractivity contribution in [2.45, 2.75) is 26.4 Å². The van der Waals surface area contributed by atoms with Crippen LogP contribution in [-0.2, 0) is 6.54 Å². The minimum absolute atomic E-state index is 0.146. The molecule has 1 rings (SSSR count). The van der Waals surface area contributed by atoms with E-state index in [1.165, 1.54) is 6.07 Å². The number of rotatable bonds is 3. The maximum atomic E-state index is 13.4. The van der Waals surface area contributed by atoms with E-state index in [4.69, 9.17) is 0 Å². The van der Waals surface area contributed by atoms with Crippen LogP contribution in [0.25, 0.3) is 0 Å². The molecular weight excluding hydrogens is 245 g/mol. The van der Waals surface area contributed by atoms with Gasteiger partial charge in [-0.1, -0.05) is 22.0 Å². The van der Waals surface area contributed by atoms with Gasteiger partial charge in [0.05, 0.1) is 0 Å². The quantitative estimate of drug-likeness (QED) is 0.804. The SMILES string of the molecule is CC(C)N(C)Cc1ccc(Br)cc1F. The standard InChI is InChI=1S/C11H15BrFN/c1-8(2)14(3)7-9-4-5-10(12)6-11(9)13/h4-6,8H,7H2,1-3H3. The summed E-state index contributed by atoms with van der Waals surface area (Å²) in [6.07, 6.45) is 0. The lowest BCUT2D eigenvalue weighted by Crippen LogP contribution is -2.26. The molecule has 0 aliphatic heterocycles. The van der Waals surface area contributed by atoms with Gasteiger partial charge in [0, 0.05) is 22.6 Å². The third kappa shape index (κ3) is 3.07. The number of nitrogens with zero attached hydrogens (tertiary/aromatic N) is 1. The molecule has 0 aromatic heterocycles. The van der Waals surface area contributed by atoms with Gasteiger partial charge in [-0.15, -0.1) is 0 Å². The van der Waals surface area contributed by atoms with Crippen molar-refractivity contribution >= 4 is 15.9 Å². The molecule has 78 valence electrons. The summed E-state index contributed by atoms with van der Waals surface area (Å²) in [5.74, 6) is -0.146. The zero-order chi connectivity index (χ0) is 10.7. The molecule has 0 heterocycles. The van der Waals surface area contributed by atoms with E-state index in [1.807, 2.05) is 19.2 Å². The van der Waals surface area contributed by atoms with Crippen LogP contribution in [0.1, 0.15) is 19.4 Å². The largest absolute Gasteiger partial charge is 0.300 e. The van der Waals surface area contributed by atoms with E-state index >= 15 is 0 Å². The minimum atomic E-state index is -0.146. The molecule has 0 atom stereocenters. The van der Waals surface area contributed by atoms with E-state index < -0.39 is 0 Å². The molecule has 1 aromatic carbocycles. The van der Waals surface area contributed by atoms with Crippen molar-refractivity contribution in [2.75, 3.05) is 7.05 Å². The van der Waals surface area contributed by atoms with Gasteiger partial charge < -0.3 is 0 Å². The van der Waals surface area contributed by atoms with E-state index in [0.29, 0.717) is 12.6 Å². The molecule has 14 heavy (non-hydrogen) atoms. The molecule has 0 radical (unpaired) electrons. The van der Waals surface area contributed by atoms with Gasteiger partial charge in [-0.05, 0) is 33.0 Å². The fourth-order valence-electron chi connectivity index (χ4n) is 1.10. The molecule has 0 fully saturated rings. The molecule has 0 amide bonds. The highest BCUT2D eigenvalue weighted by molar-refractivity contribution is 9.10. The van der Waals surface area contributed by atoms with Crippen LogP contribution in [0.3, 0.4) is 0 Å². The highest BCUT2D eigenvalue weighted by Crippen LogP contribution is 2.16. The number of hydrogen-bond acceptors (Lipinski definition) is 1. The first kappa shape index (κ1) is 11.7. The Morgan fingerprint density at radius 3 is 2.57 bits per heavy atom. The second-order valence-corrected chi connectivity index (χ2v) is 4.66. The second-order valence-electron chi connectivity index (χ2n) is 3.74. The normalized spacial score (nSPS) is 11.4. The van der Waals surface area contributed by atoms with Crippen molar-refractivity contribution in [3.8, 4) is 0 Å². The zero-order valence-electron chi connectivity index (χ0n) is 8.72. The van der Waals surface area contributed by atoms with Gasteiger partial charge in [-0.2, -0.15) is 0 Å². The lowest BCUT2D eigenvalue weighted by Gasteiger charge is -2.21. The van der Waals surface area contributed by atoms with Crippen molar-refractivity contribution in [1.29, 1.82) is 0 Å². The van der Waals surface area contributed by atoms with Gasteiger partial charge in [0.2, 0.25) is 0 Å². The Labute approximate surface area is 93.0 Å². The predicted molar refractivity (Wildman–Crippen MR) is 60.7 cm³/mol. The summed E-state index contributed by atoms with van der Waals surface area (Å²) >= 11 is 3.24. The lowest BCUT2D eigenvalue weighted by molar-refractivity contribution is 0.262. The van der Waals surface area contributed by atoms with E-state index in [9.17, 15) is 4.39 Å². The smallest absolute Gasteiger partial charge is 0.128 e. The molecule has 1 nitrogen and oxygen atoms in total. The van der Waals surface area contributed by atoms with E-state index in [-0.39, 0.29) is 5.82 Å². The van der Waals surface area contributed by atoms with Gasteiger partial charge in [0.1, 0.15) is 5.82 Å². The van der Waals surface area contributed by atoms with Crippen LogP contribution in [0.15, 0.2) is 22.7 Å². The van der Waals surface area contributed by atoms with Crippen molar-refractivity contribution in [2.24, 2.45) is 0 Å². The molecule has 0 aliphatic carbocycles. The Balaban J connectivity index is 2.77. The summed E-state index contributed by atoms with van der Waals surface area (Å²) in [4.78, 5) is 2.10. The third-order valence-corrected chi connectivity index (χ3v) is 2.81. The van der Waals surface area contributed by atoms with Crippen LogP contribution in [0, 0.1) is 5.82 Å². The second kappa shape index (κ2) is 4.89. The highest BCUT2D eigenvalue weighted by Gasteiger charge is 2.08. The Hall–Kier alpha value is -0.410. The Morgan fingerprint density at radius 1 is 1.43 bits per heavy atom. The molecule has 3 heteroatoms. The molecule has 1 aromatic rings. The van der Waals surface area contributed by atoms with Gasteiger partial charge in [-0.25, -0.2) is 4.39 Å². The monoisotopic (exact) mass is 259 g/mol. The van der Waals surface area contributed by atoms with Crippen LogP contribution in [0.5, 0.6) is 0 Å². The average molecular weight is 260 g/mol. The summed E-state index contributed by atoms with van der Waals surface area (Å²) in [7, 11) is 1.99. The maximum Gasteiger partial charge on any atom is 0.128 e. The number of benzene rings is 1. The van der Waals surface area contributed by atoms with Crippen molar-refractivity contribution in [3.63, 3.8) is 0 Å². The van der Waals surface area contributed by atoms with E-state index in [1.54, 1.807) is 0 Å². The first-order chi connectivity index (χ1) is 6.50. The molecule has 0 unspecified atom stereocenters. The predicted octanol–water partition coefficient (Wildman–Crippen LogP) is 3.43. The highest BCUT2D eigenvalue weighted by atomic mass is 79.9. The average Bonchev–Trinajstić information content (AvgIpc) is 2.09. The van der Waals surface area contributed by atoms with Gasteiger partial charge in [0.25, 0.3) is 0 Å². The topological polar surface area (TPSA) is 3.24 Å². The zero-order valence-corrected chi connectivity index (χ0v) is 10.3. The van der Waals surface area contributed by atoms with Crippen molar-refractivity contribution in [3.05, 3.63) is 34.1 Å². The Morgan fingerprint density at radius 2 is 2.07 bits per heavy atom. The lowest BCUT2D eigenvalue weighted by atomic mass is 10.2. The summed E-state index contributed by atoms with van der Waals surface area (Å²) in [6.45, 7) is 4.84. The molecule has 0 bridgehead atoms. The minimum Gasteiger partial charge on any atom is -0.300 e. The van der Waals surface area contributed by atoms with Crippen LogP contribution in [0.2, 0.25) is 0 Å². The Kier molecular flexibility index (Phi) is 4.08. The van der Waals surface area contributed by atoms with Crippen LogP contribution in [-0.4, -0.2) is 18.0 Å². The maximum absolute atomic E-state index is 13.4. The van der Waals surface area contributed by atoms with Crippen LogP contribution >= 0.6 is 15.9 Å². The third-order valence-electron chi connectivity index (χ3n) is 2.32. The Bertz CT molecular complexity index is 312. The molecule has 0 saturated carbocycles. The summed E-state index contributed by atoms with van der Waals surface area (Å²) in [5, 5.41) is 0. The summed E-state index contributed by atoms with van der Waals surface area (Å²) in [5.41, 5.74) is 0.740. The van der Waals surface area contributed by atoms with E-state index in [0.717, 1.165) is 10.0 Å². The van der Waals surface area contributed by atoms with Gasteiger partial charge in [0.15, 0.2) is 0 Å². The van der Waals surface area contributed by atoms with Crippen LogP contribution in [0.4, 0.5) is 4.39 Å². The summed E-state index contributed by atoms with van der Waals surface area (Å²) in [6, 6.07) is 5.62. The molecule has 0 N–H and O–H groups in total. The fraction of sp³-hybridized carbons (Fsp3) is 0.455. The molecule has 0 saturated heterocycles. The molecule has 0 spiro atoms. The van der Waals surface area contributed by atoms with Crippen LogP contribution < -0.4 is 0 Å². The summed E-state index contributed by atoms with van der Waals surface area (Å²) < 4.78 is 14.2. The van der Waals surface area contributed by atoms with Gasteiger partial charge >= 0.3 is 0 Å². The van der Waals surface area contributed by atoms with E-state index in [2.05, 4.69) is 34.7 Å². The van der Waals surface area contributed by atoms with Crippen molar-refractivity contribution in [1.82, 2.24) is 4.90 Å². The molecular formula is C11H15BrFN. The number of hydrogen-bond donors (Lipinski definition) is 0. The van der Waals surface area contributed by atoms with Crippen molar-refractivity contribution < 1.29 is 4.39 Å². The fourth-order valence-corrected chi connectivity index (χ4v) is 1.43. The molecule has 0 aliphatic rings.